The molecule has 0 bridgehead atoms. The van der Waals surface area contributed by atoms with Gasteiger partial charge in [-0.05, 0) is 41.8 Å². The second-order valence-electron chi connectivity index (χ2n) is 5.95. The van der Waals surface area contributed by atoms with E-state index in [-0.39, 0.29) is 6.79 Å². The lowest BCUT2D eigenvalue weighted by Gasteiger charge is -2.11. The zero-order chi connectivity index (χ0) is 18.2. The lowest BCUT2D eigenvalue weighted by Crippen LogP contribution is -2.01. The molecule has 0 saturated heterocycles. The van der Waals surface area contributed by atoms with Gasteiger partial charge in [-0.15, -0.1) is 0 Å². The molecule has 3 heterocycles. The number of hydrogen-bond donors (Lipinski definition) is 3. The molecule has 3 N–H and O–H groups in total. The average Bonchev–Trinajstić information content (AvgIpc) is 3.33. The Balaban J connectivity index is 1.42. The number of halogens is 1. The summed E-state index contributed by atoms with van der Waals surface area (Å²) in [5, 5.41) is 8.06. The molecule has 0 fully saturated rings. The molecule has 0 radical (unpaired) electrons. The van der Waals surface area contributed by atoms with E-state index >= 15 is 0 Å². The molecule has 0 unspecified atom stereocenters. The third-order valence-corrected chi connectivity index (χ3v) is 4.52. The SMILES string of the molecule is Clc1ccc2c(c1Nc1ccnc(Nc3ccc4cc[nH]c4c3)n1)OCO2. The van der Waals surface area contributed by atoms with Crippen LogP contribution in [-0.4, -0.2) is 21.7 Å². The molecule has 5 rings (SSSR count). The number of H-pyrrole nitrogens is 1. The largest absolute Gasteiger partial charge is 0.454 e. The molecule has 0 saturated carbocycles. The van der Waals surface area contributed by atoms with E-state index in [0.29, 0.717) is 34.0 Å². The number of nitrogens with zero attached hydrogens (tertiary/aromatic N) is 2. The van der Waals surface area contributed by atoms with Crippen LogP contribution in [0.1, 0.15) is 0 Å². The summed E-state index contributed by atoms with van der Waals surface area (Å²) < 4.78 is 10.9. The fourth-order valence-electron chi connectivity index (χ4n) is 2.94. The first-order valence-electron chi connectivity index (χ1n) is 8.29. The highest BCUT2D eigenvalue weighted by Gasteiger charge is 2.21. The Kier molecular flexibility index (Phi) is 3.72. The molecule has 7 nitrogen and oxygen atoms in total. The van der Waals surface area contributed by atoms with Gasteiger partial charge < -0.3 is 25.1 Å². The number of benzene rings is 2. The maximum atomic E-state index is 6.31. The monoisotopic (exact) mass is 379 g/mol. The normalized spacial score (nSPS) is 12.3. The Morgan fingerprint density at radius 3 is 2.96 bits per heavy atom. The fourth-order valence-corrected chi connectivity index (χ4v) is 3.13. The smallest absolute Gasteiger partial charge is 0.231 e. The molecule has 4 aromatic rings. The van der Waals surface area contributed by atoms with Crippen molar-refractivity contribution in [2.45, 2.75) is 0 Å². The van der Waals surface area contributed by atoms with Gasteiger partial charge in [-0.3, -0.25) is 0 Å². The molecular formula is C19H14ClN5O2. The summed E-state index contributed by atoms with van der Waals surface area (Å²) in [6, 6.07) is 13.3. The standard InChI is InChI=1S/C19H14ClN5O2/c20-13-3-4-15-18(27-10-26-15)17(13)24-16-6-8-22-19(25-16)23-12-2-1-11-5-7-21-14(11)9-12/h1-9,21H,10H2,(H2,22,23,24,25). The summed E-state index contributed by atoms with van der Waals surface area (Å²) in [7, 11) is 0. The van der Waals surface area contributed by atoms with Gasteiger partial charge in [0.05, 0.1) is 5.02 Å². The van der Waals surface area contributed by atoms with Gasteiger partial charge in [-0.25, -0.2) is 4.98 Å². The van der Waals surface area contributed by atoms with Gasteiger partial charge in [0, 0.05) is 23.6 Å². The average molecular weight is 380 g/mol. The molecular weight excluding hydrogens is 366 g/mol. The zero-order valence-electron chi connectivity index (χ0n) is 14.0. The predicted octanol–water partition coefficient (Wildman–Crippen LogP) is 4.83. The van der Waals surface area contributed by atoms with Gasteiger partial charge >= 0.3 is 0 Å². The van der Waals surface area contributed by atoms with Crippen molar-refractivity contribution in [3.05, 3.63) is 59.9 Å². The Hall–Kier alpha value is -3.45. The van der Waals surface area contributed by atoms with Crippen LogP contribution in [0.3, 0.4) is 0 Å². The number of aromatic nitrogens is 3. The third-order valence-electron chi connectivity index (χ3n) is 4.21. The minimum absolute atomic E-state index is 0.169. The van der Waals surface area contributed by atoms with Crippen LogP contribution in [0.25, 0.3) is 10.9 Å². The fraction of sp³-hybridized carbons (Fsp3) is 0.0526. The van der Waals surface area contributed by atoms with Crippen molar-refractivity contribution in [2.75, 3.05) is 17.4 Å². The summed E-state index contributed by atoms with van der Waals surface area (Å²) in [5.41, 5.74) is 2.54. The molecule has 0 spiro atoms. The van der Waals surface area contributed by atoms with Gasteiger partial charge in [-0.2, -0.15) is 4.98 Å². The number of anilines is 4. The maximum absolute atomic E-state index is 6.31. The number of nitrogens with one attached hydrogen (secondary N) is 3. The lowest BCUT2D eigenvalue weighted by molar-refractivity contribution is 0.174. The van der Waals surface area contributed by atoms with Crippen LogP contribution < -0.4 is 20.1 Å². The van der Waals surface area contributed by atoms with Gasteiger partial charge in [0.1, 0.15) is 11.5 Å². The molecule has 0 atom stereocenters. The minimum atomic E-state index is 0.169. The first-order valence-corrected chi connectivity index (χ1v) is 8.66. The first kappa shape index (κ1) is 15.8. The molecule has 8 heteroatoms. The Labute approximate surface area is 159 Å². The highest BCUT2D eigenvalue weighted by atomic mass is 35.5. The maximum Gasteiger partial charge on any atom is 0.231 e. The Morgan fingerprint density at radius 1 is 1.04 bits per heavy atom. The van der Waals surface area contributed by atoms with Crippen LogP contribution >= 0.6 is 11.6 Å². The zero-order valence-corrected chi connectivity index (χ0v) is 14.7. The summed E-state index contributed by atoms with van der Waals surface area (Å²) in [4.78, 5) is 12.0. The van der Waals surface area contributed by atoms with Gasteiger partial charge in [-0.1, -0.05) is 17.7 Å². The van der Waals surface area contributed by atoms with E-state index in [1.807, 2.05) is 30.5 Å². The molecule has 2 aromatic heterocycles. The van der Waals surface area contributed by atoms with Crippen LogP contribution in [0.4, 0.5) is 23.1 Å². The van der Waals surface area contributed by atoms with Crippen molar-refractivity contribution in [1.29, 1.82) is 0 Å². The molecule has 0 amide bonds. The molecule has 1 aliphatic rings. The van der Waals surface area contributed by atoms with Crippen LogP contribution in [0.15, 0.2) is 54.9 Å². The number of aromatic amines is 1. The third kappa shape index (κ3) is 2.98. The van der Waals surface area contributed by atoms with Crippen molar-refractivity contribution in [3.63, 3.8) is 0 Å². The van der Waals surface area contributed by atoms with Crippen molar-refractivity contribution in [3.8, 4) is 11.5 Å². The molecule has 134 valence electrons. The summed E-state index contributed by atoms with van der Waals surface area (Å²) in [6.07, 6.45) is 3.57. The Morgan fingerprint density at radius 2 is 2.00 bits per heavy atom. The van der Waals surface area contributed by atoms with E-state index < -0.39 is 0 Å². The van der Waals surface area contributed by atoms with Crippen molar-refractivity contribution >= 4 is 45.6 Å². The second-order valence-corrected chi connectivity index (χ2v) is 6.36. The molecule has 0 aliphatic carbocycles. The number of hydrogen-bond acceptors (Lipinski definition) is 6. The van der Waals surface area contributed by atoms with Gasteiger partial charge in [0.2, 0.25) is 12.7 Å². The highest BCUT2D eigenvalue weighted by Crippen LogP contribution is 2.44. The van der Waals surface area contributed by atoms with Gasteiger partial charge in [0.25, 0.3) is 0 Å². The molecule has 2 aromatic carbocycles. The number of rotatable bonds is 4. The van der Waals surface area contributed by atoms with E-state index in [9.17, 15) is 0 Å². The van der Waals surface area contributed by atoms with E-state index in [1.54, 1.807) is 24.4 Å². The van der Waals surface area contributed by atoms with E-state index in [1.165, 1.54) is 0 Å². The summed E-state index contributed by atoms with van der Waals surface area (Å²) >= 11 is 6.31. The van der Waals surface area contributed by atoms with Crippen molar-refractivity contribution in [2.24, 2.45) is 0 Å². The second kappa shape index (κ2) is 6.37. The summed E-state index contributed by atoms with van der Waals surface area (Å²) in [6.45, 7) is 0.169. The Bertz CT molecular complexity index is 1140. The van der Waals surface area contributed by atoms with Crippen LogP contribution in [0, 0.1) is 0 Å². The highest BCUT2D eigenvalue weighted by molar-refractivity contribution is 6.33. The molecule has 27 heavy (non-hydrogen) atoms. The predicted molar refractivity (Wildman–Crippen MR) is 104 cm³/mol. The summed E-state index contributed by atoms with van der Waals surface area (Å²) in [5.74, 6) is 2.27. The topological polar surface area (TPSA) is 84.1 Å². The quantitative estimate of drug-likeness (QED) is 0.471. The van der Waals surface area contributed by atoms with Crippen molar-refractivity contribution < 1.29 is 9.47 Å². The van der Waals surface area contributed by atoms with E-state index in [2.05, 4.69) is 25.6 Å². The van der Waals surface area contributed by atoms with Crippen LogP contribution in [0.2, 0.25) is 5.02 Å². The van der Waals surface area contributed by atoms with Crippen LogP contribution in [-0.2, 0) is 0 Å². The number of fused-ring (bicyclic) bond motifs is 2. The number of ether oxygens (including phenoxy) is 2. The van der Waals surface area contributed by atoms with E-state index in [4.69, 9.17) is 21.1 Å². The van der Waals surface area contributed by atoms with Crippen LogP contribution in [0.5, 0.6) is 11.5 Å². The first-order chi connectivity index (χ1) is 13.3. The minimum Gasteiger partial charge on any atom is -0.454 e. The van der Waals surface area contributed by atoms with Gasteiger partial charge in [0.15, 0.2) is 11.5 Å². The van der Waals surface area contributed by atoms with E-state index in [0.717, 1.165) is 16.6 Å². The molecule has 1 aliphatic heterocycles. The van der Waals surface area contributed by atoms with Crippen molar-refractivity contribution in [1.82, 2.24) is 15.0 Å². The lowest BCUT2D eigenvalue weighted by atomic mass is 10.2.